The summed E-state index contributed by atoms with van der Waals surface area (Å²) in [6, 6.07) is -0.564. The van der Waals surface area contributed by atoms with Gasteiger partial charge in [0.2, 0.25) is 0 Å². The van der Waals surface area contributed by atoms with Gasteiger partial charge in [-0.3, -0.25) is 4.79 Å². The molecule has 3 atom stereocenters. The molecule has 1 saturated heterocycles. The lowest BCUT2D eigenvalue weighted by atomic mass is 10.2. The molecule has 5 nitrogen and oxygen atoms in total. The van der Waals surface area contributed by atoms with Crippen molar-refractivity contribution in [2.75, 3.05) is 19.9 Å². The van der Waals surface area contributed by atoms with E-state index in [0.717, 1.165) is 0 Å². The summed E-state index contributed by atoms with van der Waals surface area (Å²) in [6.45, 7) is 0.267. The maximum atomic E-state index is 11.2. The lowest BCUT2D eigenvalue weighted by Crippen LogP contribution is -2.37. The fourth-order valence-electron chi connectivity index (χ4n) is 1.42. The van der Waals surface area contributed by atoms with E-state index in [4.69, 9.17) is 0 Å². The molecular formula is C7H13NO4S. The number of hydrogen-bond acceptors (Lipinski definition) is 4. The van der Waals surface area contributed by atoms with Crippen LogP contribution in [0.3, 0.4) is 0 Å². The number of rotatable bonds is 2. The van der Waals surface area contributed by atoms with Gasteiger partial charge in [-0.1, -0.05) is 0 Å². The number of carbonyl (C=O) groups is 1. The van der Waals surface area contributed by atoms with E-state index in [9.17, 15) is 14.1 Å². The largest absolute Gasteiger partial charge is 0.468 e. The Morgan fingerprint density at radius 1 is 1.69 bits per heavy atom. The number of ether oxygens (including phenoxy) is 1. The summed E-state index contributed by atoms with van der Waals surface area (Å²) in [5.74, 6) is -0.438. The predicted octanol–water partition coefficient (Wildman–Crippen LogP) is -1.11. The quantitative estimate of drug-likeness (QED) is 0.583. The molecule has 1 aliphatic rings. The molecule has 1 heterocycles. The minimum absolute atomic E-state index is 0.267. The third-order valence-corrected chi connectivity index (χ3v) is 3.10. The van der Waals surface area contributed by atoms with Gasteiger partial charge in [-0.15, -0.1) is 0 Å². The first-order chi connectivity index (χ1) is 6.06. The fourth-order valence-corrected chi connectivity index (χ4v) is 2.33. The zero-order valence-electron chi connectivity index (χ0n) is 7.60. The van der Waals surface area contributed by atoms with Crippen molar-refractivity contribution in [1.82, 2.24) is 4.31 Å². The first kappa shape index (κ1) is 10.6. The second-order valence-electron chi connectivity index (χ2n) is 2.95. The van der Waals surface area contributed by atoms with Crippen molar-refractivity contribution in [2.45, 2.75) is 18.6 Å². The van der Waals surface area contributed by atoms with Crippen LogP contribution < -0.4 is 0 Å². The molecular weight excluding hydrogens is 194 g/mol. The van der Waals surface area contributed by atoms with Gasteiger partial charge in [0.05, 0.1) is 24.2 Å². The molecule has 0 spiro atoms. The average Bonchev–Trinajstić information content (AvgIpc) is 2.46. The molecule has 0 aromatic rings. The lowest BCUT2D eigenvalue weighted by molar-refractivity contribution is -0.144. The van der Waals surface area contributed by atoms with Gasteiger partial charge in [-0.05, 0) is 0 Å². The number of carbonyl (C=O) groups excluding carboxylic acids is 1. The van der Waals surface area contributed by atoms with Gasteiger partial charge < -0.3 is 9.84 Å². The monoisotopic (exact) mass is 207 g/mol. The van der Waals surface area contributed by atoms with Crippen LogP contribution in [-0.4, -0.2) is 51.6 Å². The van der Waals surface area contributed by atoms with Gasteiger partial charge in [0, 0.05) is 19.2 Å². The molecule has 0 radical (unpaired) electrons. The molecule has 13 heavy (non-hydrogen) atoms. The van der Waals surface area contributed by atoms with Crippen LogP contribution in [0, 0.1) is 0 Å². The maximum Gasteiger partial charge on any atom is 0.324 e. The van der Waals surface area contributed by atoms with Gasteiger partial charge in [0.1, 0.15) is 6.04 Å². The van der Waals surface area contributed by atoms with Crippen molar-refractivity contribution in [1.29, 1.82) is 0 Å². The summed E-state index contributed by atoms with van der Waals surface area (Å²) in [4.78, 5) is 11.2. The molecule has 1 fully saturated rings. The molecule has 76 valence electrons. The van der Waals surface area contributed by atoms with Crippen LogP contribution in [-0.2, 0) is 20.5 Å². The van der Waals surface area contributed by atoms with E-state index in [-0.39, 0.29) is 6.54 Å². The molecule has 1 aliphatic heterocycles. The van der Waals surface area contributed by atoms with Crippen molar-refractivity contribution < 1.29 is 18.8 Å². The third-order valence-electron chi connectivity index (χ3n) is 2.04. The number of β-amino-alcohol motifs (C(OH)–C–C–N with tert-alkyl or cyclic N) is 1. The molecule has 0 aromatic carbocycles. The minimum Gasteiger partial charge on any atom is -0.468 e. The SMILES string of the molecule is COC(=O)C1CC(O)CN1S(C)=O. The standard InChI is InChI=1S/C7H13NO4S/c1-12-7(10)6-3-5(9)4-8(6)13(2)11/h5-6,9H,3-4H2,1-2H3. The van der Waals surface area contributed by atoms with E-state index < -0.39 is 29.1 Å². The van der Waals surface area contributed by atoms with Gasteiger partial charge in [-0.2, -0.15) is 0 Å². The Hall–Kier alpha value is -0.460. The van der Waals surface area contributed by atoms with E-state index in [0.29, 0.717) is 6.42 Å². The number of hydrogen-bond donors (Lipinski definition) is 1. The normalized spacial score (nSPS) is 31.6. The Morgan fingerprint density at radius 2 is 2.31 bits per heavy atom. The smallest absolute Gasteiger partial charge is 0.324 e. The Balaban J connectivity index is 2.71. The van der Waals surface area contributed by atoms with Crippen molar-refractivity contribution >= 4 is 17.0 Å². The highest BCUT2D eigenvalue weighted by atomic mass is 32.2. The molecule has 1 rings (SSSR count). The number of nitrogens with zero attached hydrogens (tertiary/aromatic N) is 1. The van der Waals surface area contributed by atoms with Crippen LogP contribution >= 0.6 is 0 Å². The molecule has 1 N–H and O–H groups in total. The number of aliphatic hydroxyl groups excluding tert-OH is 1. The molecule has 0 bridgehead atoms. The zero-order chi connectivity index (χ0) is 10.0. The summed E-state index contributed by atoms with van der Waals surface area (Å²) >= 11 is 0. The number of methoxy groups -OCH3 is 1. The van der Waals surface area contributed by atoms with Crippen molar-refractivity contribution in [3.63, 3.8) is 0 Å². The van der Waals surface area contributed by atoms with Gasteiger partial charge in [0.15, 0.2) is 0 Å². The van der Waals surface area contributed by atoms with Gasteiger partial charge in [0.25, 0.3) is 0 Å². The van der Waals surface area contributed by atoms with Crippen molar-refractivity contribution in [3.05, 3.63) is 0 Å². The van der Waals surface area contributed by atoms with Crippen molar-refractivity contribution in [3.8, 4) is 0 Å². The maximum absolute atomic E-state index is 11.2. The Morgan fingerprint density at radius 3 is 2.77 bits per heavy atom. The van der Waals surface area contributed by atoms with E-state index in [1.54, 1.807) is 0 Å². The van der Waals surface area contributed by atoms with Crippen LogP contribution in [0.5, 0.6) is 0 Å². The van der Waals surface area contributed by atoms with Crippen LogP contribution in [0.1, 0.15) is 6.42 Å². The van der Waals surface area contributed by atoms with Crippen LogP contribution in [0.15, 0.2) is 0 Å². The van der Waals surface area contributed by atoms with E-state index in [2.05, 4.69) is 4.74 Å². The molecule has 6 heteroatoms. The van der Waals surface area contributed by atoms with E-state index in [1.807, 2.05) is 0 Å². The highest BCUT2D eigenvalue weighted by Crippen LogP contribution is 2.19. The summed E-state index contributed by atoms with van der Waals surface area (Å²) < 4.78 is 17.1. The summed E-state index contributed by atoms with van der Waals surface area (Å²) in [5.41, 5.74) is 0. The average molecular weight is 207 g/mol. The van der Waals surface area contributed by atoms with Crippen LogP contribution in [0.4, 0.5) is 0 Å². The minimum atomic E-state index is -1.24. The highest BCUT2D eigenvalue weighted by Gasteiger charge is 2.38. The predicted molar refractivity (Wildman–Crippen MR) is 47.2 cm³/mol. The lowest BCUT2D eigenvalue weighted by Gasteiger charge is -2.18. The summed E-state index contributed by atoms with van der Waals surface area (Å²) in [7, 11) is 0.0402. The first-order valence-corrected chi connectivity index (χ1v) is 5.44. The highest BCUT2D eigenvalue weighted by molar-refractivity contribution is 7.81. The number of esters is 1. The molecule has 3 unspecified atom stereocenters. The van der Waals surface area contributed by atoms with E-state index >= 15 is 0 Å². The molecule has 0 aliphatic carbocycles. The second-order valence-corrected chi connectivity index (χ2v) is 4.27. The Labute approximate surface area is 79.3 Å². The summed E-state index contributed by atoms with van der Waals surface area (Å²) in [6.07, 6.45) is 1.19. The Kier molecular flexibility index (Phi) is 3.40. The Bertz CT molecular complexity index is 233. The van der Waals surface area contributed by atoms with Gasteiger partial charge in [-0.25, -0.2) is 8.51 Å². The van der Waals surface area contributed by atoms with Crippen LogP contribution in [0.25, 0.3) is 0 Å². The summed E-state index contributed by atoms with van der Waals surface area (Å²) in [5, 5.41) is 9.28. The number of aliphatic hydroxyl groups is 1. The topological polar surface area (TPSA) is 66.8 Å². The van der Waals surface area contributed by atoms with E-state index in [1.165, 1.54) is 17.7 Å². The second kappa shape index (κ2) is 4.17. The van der Waals surface area contributed by atoms with Crippen molar-refractivity contribution in [2.24, 2.45) is 0 Å². The fraction of sp³-hybridized carbons (Fsp3) is 0.857. The molecule has 0 amide bonds. The first-order valence-electron chi connectivity index (χ1n) is 3.92. The third kappa shape index (κ3) is 2.26. The van der Waals surface area contributed by atoms with Gasteiger partial charge >= 0.3 is 5.97 Å². The van der Waals surface area contributed by atoms with Crippen LogP contribution in [0.2, 0.25) is 0 Å². The zero-order valence-corrected chi connectivity index (χ0v) is 8.41. The molecule has 0 aromatic heterocycles. The molecule has 0 saturated carbocycles.